The molecule has 3 aliphatic rings. The number of hydrogen-bond donors (Lipinski definition) is 0. The fraction of sp³-hybridized carbons (Fsp3) is 0.515. The lowest BCUT2D eigenvalue weighted by atomic mass is 9.55. The Balaban J connectivity index is 1.45. The Bertz CT molecular complexity index is 1260. The fourth-order valence-corrected chi connectivity index (χ4v) is 6.94. The van der Waals surface area contributed by atoms with Crippen LogP contribution in [-0.4, -0.2) is 74.2 Å². The summed E-state index contributed by atoms with van der Waals surface area (Å²) in [6.45, 7) is 4.25. The third-order valence-electron chi connectivity index (χ3n) is 9.25. The van der Waals surface area contributed by atoms with Crippen molar-refractivity contribution in [3.63, 3.8) is 0 Å². The van der Waals surface area contributed by atoms with Crippen LogP contribution < -0.4 is 9.47 Å². The van der Waals surface area contributed by atoms with Crippen LogP contribution in [0.3, 0.4) is 0 Å². The molecular formula is C33H42N2O5. The van der Waals surface area contributed by atoms with Crippen molar-refractivity contribution in [3.8, 4) is 11.5 Å². The summed E-state index contributed by atoms with van der Waals surface area (Å²) < 4.78 is 17.3. The second kappa shape index (κ2) is 11.7. The van der Waals surface area contributed by atoms with E-state index >= 15 is 0 Å². The predicted octanol–water partition coefficient (Wildman–Crippen LogP) is 5.08. The zero-order valence-electron chi connectivity index (χ0n) is 24.2. The molecule has 40 heavy (non-hydrogen) atoms. The zero-order valence-corrected chi connectivity index (χ0v) is 24.2. The maximum Gasteiger partial charge on any atom is 0.303 e. The number of benzene rings is 2. The van der Waals surface area contributed by atoms with Crippen LogP contribution in [0.15, 0.2) is 54.6 Å². The van der Waals surface area contributed by atoms with Crippen LogP contribution in [0.2, 0.25) is 0 Å². The zero-order chi connectivity index (χ0) is 28.3. The van der Waals surface area contributed by atoms with Gasteiger partial charge in [-0.3, -0.25) is 14.5 Å². The highest BCUT2D eigenvalue weighted by Crippen LogP contribution is 2.55. The van der Waals surface area contributed by atoms with Crippen molar-refractivity contribution >= 4 is 18.0 Å². The normalized spacial score (nSPS) is 26.6. The summed E-state index contributed by atoms with van der Waals surface area (Å²) in [4.78, 5) is 30.4. The third-order valence-corrected chi connectivity index (χ3v) is 9.25. The lowest BCUT2D eigenvalue weighted by molar-refractivity contribution is -0.190. The van der Waals surface area contributed by atoms with E-state index in [0.717, 1.165) is 67.4 Å². The van der Waals surface area contributed by atoms with Crippen LogP contribution in [0, 0.1) is 5.92 Å². The summed E-state index contributed by atoms with van der Waals surface area (Å²) in [6, 6.07) is 15.9. The molecule has 0 bridgehead atoms. The number of likely N-dealkylation sites (N-methyl/N-ethyl adjacent to an activating group) is 1. The van der Waals surface area contributed by atoms with E-state index < -0.39 is 11.0 Å². The molecule has 7 heteroatoms. The van der Waals surface area contributed by atoms with E-state index in [-0.39, 0.29) is 17.9 Å². The number of amides is 1. The van der Waals surface area contributed by atoms with Crippen molar-refractivity contribution in [3.05, 3.63) is 65.7 Å². The standard InChI is InChI=1S/C33H42N2O5/c1-24(36)40-33-16-15-28(34(2)31(37)14-13-25-7-5-9-29(19-25)38-3)21-32(33,27-8-6-10-30(20-27)39-4)17-18-35(23-33)22-26-11-12-26/h5-10,13-14,19-20,26,28H,11-12,15-18,21-23H2,1-4H3/t28-,32-,33-/m0/s1. The molecule has 1 aliphatic heterocycles. The van der Waals surface area contributed by atoms with Gasteiger partial charge in [-0.15, -0.1) is 0 Å². The monoisotopic (exact) mass is 546 g/mol. The largest absolute Gasteiger partial charge is 0.497 e. The van der Waals surface area contributed by atoms with Crippen LogP contribution in [0.5, 0.6) is 11.5 Å². The maximum absolute atomic E-state index is 13.4. The molecule has 1 saturated heterocycles. The Morgan fingerprint density at radius 1 is 1.02 bits per heavy atom. The molecule has 2 aliphatic carbocycles. The highest BCUT2D eigenvalue weighted by atomic mass is 16.6. The summed E-state index contributed by atoms with van der Waals surface area (Å²) >= 11 is 0. The summed E-state index contributed by atoms with van der Waals surface area (Å²) in [5.74, 6) is 2.02. The SMILES string of the molecule is COc1cccc(C=CC(=O)N(C)[C@H]2CC[C@]3(OC(C)=O)CN(CC4CC4)CC[C@@]3(c3cccc(OC)c3)C2)c1. The minimum atomic E-state index is -0.658. The van der Waals surface area contributed by atoms with Crippen molar-refractivity contribution in [2.75, 3.05) is 40.9 Å². The van der Waals surface area contributed by atoms with Crippen molar-refractivity contribution in [1.82, 2.24) is 9.80 Å². The Labute approximate surface area is 238 Å². The van der Waals surface area contributed by atoms with Gasteiger partial charge in [-0.25, -0.2) is 0 Å². The average molecular weight is 547 g/mol. The molecule has 0 radical (unpaired) electrons. The molecular weight excluding hydrogens is 504 g/mol. The number of piperidine rings is 1. The van der Waals surface area contributed by atoms with Gasteiger partial charge in [0.05, 0.1) is 14.2 Å². The van der Waals surface area contributed by atoms with E-state index in [2.05, 4.69) is 17.0 Å². The van der Waals surface area contributed by atoms with Crippen LogP contribution in [-0.2, 0) is 19.7 Å². The number of methoxy groups -OCH3 is 2. The molecule has 214 valence electrons. The minimum absolute atomic E-state index is 0.00678. The maximum atomic E-state index is 13.4. The van der Waals surface area contributed by atoms with Gasteiger partial charge >= 0.3 is 5.97 Å². The number of rotatable bonds is 9. The van der Waals surface area contributed by atoms with Crippen LogP contribution in [0.1, 0.15) is 56.6 Å². The topological polar surface area (TPSA) is 68.3 Å². The summed E-state index contributed by atoms with van der Waals surface area (Å²) in [6.07, 6.45) is 9.10. The van der Waals surface area contributed by atoms with Gasteiger partial charge in [0.2, 0.25) is 5.91 Å². The van der Waals surface area contributed by atoms with E-state index in [1.54, 1.807) is 20.3 Å². The molecule has 0 unspecified atom stereocenters. The number of carbonyl (C=O) groups is 2. The molecule has 1 heterocycles. The van der Waals surface area contributed by atoms with Gasteiger partial charge in [-0.05, 0) is 92.5 Å². The smallest absolute Gasteiger partial charge is 0.303 e. The Morgan fingerprint density at radius 2 is 1.75 bits per heavy atom. The fourth-order valence-electron chi connectivity index (χ4n) is 6.94. The third kappa shape index (κ3) is 5.75. The molecule has 3 atom stereocenters. The van der Waals surface area contributed by atoms with Gasteiger partial charge in [-0.2, -0.15) is 0 Å². The van der Waals surface area contributed by atoms with Crippen molar-refractivity contribution < 1.29 is 23.8 Å². The summed E-state index contributed by atoms with van der Waals surface area (Å²) in [5.41, 5.74) is 0.947. The van der Waals surface area contributed by atoms with E-state index in [4.69, 9.17) is 14.2 Å². The molecule has 0 aromatic heterocycles. The number of esters is 1. The van der Waals surface area contributed by atoms with Gasteiger partial charge in [0.25, 0.3) is 0 Å². The minimum Gasteiger partial charge on any atom is -0.497 e. The molecule has 2 saturated carbocycles. The first-order chi connectivity index (χ1) is 19.3. The van der Waals surface area contributed by atoms with E-state index in [0.29, 0.717) is 6.42 Å². The summed E-state index contributed by atoms with van der Waals surface area (Å²) in [7, 11) is 5.21. The van der Waals surface area contributed by atoms with Gasteiger partial charge in [0, 0.05) is 44.6 Å². The lowest BCUT2D eigenvalue weighted by Crippen LogP contribution is -2.68. The number of ether oxygens (including phenoxy) is 3. The second-order valence-corrected chi connectivity index (χ2v) is 11.8. The molecule has 3 fully saturated rings. The highest BCUT2D eigenvalue weighted by Gasteiger charge is 2.61. The Kier molecular flexibility index (Phi) is 8.22. The number of fused-ring (bicyclic) bond motifs is 1. The summed E-state index contributed by atoms with van der Waals surface area (Å²) in [5, 5.41) is 0. The highest BCUT2D eigenvalue weighted by molar-refractivity contribution is 5.91. The van der Waals surface area contributed by atoms with Crippen molar-refractivity contribution in [1.29, 1.82) is 0 Å². The van der Waals surface area contributed by atoms with E-state index in [1.165, 1.54) is 19.8 Å². The molecule has 5 rings (SSSR count). The van der Waals surface area contributed by atoms with E-state index in [1.807, 2.05) is 54.4 Å². The molecule has 7 nitrogen and oxygen atoms in total. The number of carbonyl (C=O) groups excluding carboxylic acids is 2. The van der Waals surface area contributed by atoms with Crippen molar-refractivity contribution in [2.45, 2.75) is 62.5 Å². The predicted molar refractivity (Wildman–Crippen MR) is 155 cm³/mol. The van der Waals surface area contributed by atoms with Crippen molar-refractivity contribution in [2.24, 2.45) is 5.92 Å². The number of hydrogen-bond acceptors (Lipinski definition) is 6. The Hall–Kier alpha value is -3.32. The first kappa shape index (κ1) is 28.2. The molecule has 1 amide bonds. The van der Waals surface area contributed by atoms with Gasteiger partial charge in [0.15, 0.2) is 0 Å². The van der Waals surface area contributed by atoms with Crippen LogP contribution in [0.25, 0.3) is 6.08 Å². The van der Waals surface area contributed by atoms with Gasteiger partial charge in [-0.1, -0.05) is 24.3 Å². The first-order valence-electron chi connectivity index (χ1n) is 14.4. The van der Waals surface area contributed by atoms with E-state index in [9.17, 15) is 9.59 Å². The van der Waals surface area contributed by atoms with Gasteiger partial charge < -0.3 is 19.1 Å². The first-order valence-corrected chi connectivity index (χ1v) is 14.4. The van der Waals surface area contributed by atoms with Crippen LogP contribution >= 0.6 is 0 Å². The van der Waals surface area contributed by atoms with Gasteiger partial charge in [0.1, 0.15) is 17.1 Å². The number of likely N-dealkylation sites (tertiary alicyclic amines) is 1. The number of nitrogens with zero attached hydrogens (tertiary/aromatic N) is 2. The lowest BCUT2D eigenvalue weighted by Gasteiger charge is -2.60. The molecule has 2 aromatic rings. The van der Waals surface area contributed by atoms with Crippen LogP contribution in [0.4, 0.5) is 0 Å². The quantitative estimate of drug-likeness (QED) is 0.323. The molecule has 2 aromatic carbocycles. The average Bonchev–Trinajstić information content (AvgIpc) is 3.79. The Morgan fingerprint density at radius 3 is 2.45 bits per heavy atom. The second-order valence-electron chi connectivity index (χ2n) is 11.8. The molecule has 0 spiro atoms. The molecule has 0 N–H and O–H groups in total.